The molecule has 1 unspecified atom stereocenters. The van der Waals surface area contributed by atoms with Crippen LogP contribution in [0.5, 0.6) is 0 Å². The van der Waals surface area contributed by atoms with Crippen LogP contribution in [0, 0.1) is 6.92 Å². The lowest BCUT2D eigenvalue weighted by molar-refractivity contribution is -0.109. The highest BCUT2D eigenvalue weighted by atomic mass is 16.1. The molecular weight excluding hydrogens is 78.0 g/mol. The molecule has 0 aromatic carbocycles. The monoisotopic (exact) mass is 86.1 g/mol. The van der Waals surface area contributed by atoms with Crippen LogP contribution in [0.4, 0.5) is 0 Å². The molecular formula is C4H8NO. The second-order valence-corrected chi connectivity index (χ2v) is 1.19. The Hall–Kier alpha value is -0.530. The molecule has 1 atom stereocenters. The first-order valence-electron chi connectivity index (χ1n) is 1.80. The molecule has 0 saturated heterocycles. The number of rotatable bonds is 2. The van der Waals surface area contributed by atoms with E-state index < -0.39 is 0 Å². The molecule has 1 N–H and O–H groups in total. The van der Waals surface area contributed by atoms with Gasteiger partial charge in [0.2, 0.25) is 6.41 Å². The number of carbonyl (C=O) groups is 1. The van der Waals surface area contributed by atoms with Gasteiger partial charge in [-0.1, -0.05) is 0 Å². The van der Waals surface area contributed by atoms with Crippen molar-refractivity contribution in [3.8, 4) is 0 Å². The van der Waals surface area contributed by atoms with Crippen LogP contribution in [0.15, 0.2) is 0 Å². The Morgan fingerprint density at radius 2 is 2.50 bits per heavy atom. The average molecular weight is 86.1 g/mol. The van der Waals surface area contributed by atoms with E-state index in [4.69, 9.17) is 0 Å². The van der Waals surface area contributed by atoms with Gasteiger partial charge in [0.25, 0.3) is 0 Å². The molecule has 0 aromatic heterocycles. The van der Waals surface area contributed by atoms with Crippen molar-refractivity contribution in [2.24, 2.45) is 0 Å². The van der Waals surface area contributed by atoms with Crippen molar-refractivity contribution in [1.82, 2.24) is 5.32 Å². The third kappa shape index (κ3) is 3.47. The number of hydrogen-bond acceptors (Lipinski definition) is 1. The maximum atomic E-state index is 9.46. The largest absolute Gasteiger partial charge is 0.356 e. The van der Waals surface area contributed by atoms with Crippen molar-refractivity contribution in [3.63, 3.8) is 0 Å². The highest BCUT2D eigenvalue weighted by Crippen LogP contribution is 1.66. The predicted molar refractivity (Wildman–Crippen MR) is 24.0 cm³/mol. The van der Waals surface area contributed by atoms with Crippen molar-refractivity contribution < 1.29 is 4.79 Å². The summed E-state index contributed by atoms with van der Waals surface area (Å²) in [6.07, 6.45) is 0.637. The van der Waals surface area contributed by atoms with Gasteiger partial charge in [0, 0.05) is 6.04 Å². The summed E-state index contributed by atoms with van der Waals surface area (Å²) < 4.78 is 0. The summed E-state index contributed by atoms with van der Waals surface area (Å²) in [5, 5.41) is 2.42. The van der Waals surface area contributed by atoms with E-state index in [1.165, 1.54) is 0 Å². The van der Waals surface area contributed by atoms with E-state index in [0.29, 0.717) is 6.41 Å². The lowest BCUT2D eigenvalue weighted by Crippen LogP contribution is -2.20. The van der Waals surface area contributed by atoms with Crippen LogP contribution in [-0.2, 0) is 4.79 Å². The summed E-state index contributed by atoms with van der Waals surface area (Å²) in [5.41, 5.74) is 0. The first-order valence-corrected chi connectivity index (χ1v) is 1.80. The highest BCUT2D eigenvalue weighted by molar-refractivity contribution is 5.46. The Balaban J connectivity index is 2.81. The van der Waals surface area contributed by atoms with E-state index >= 15 is 0 Å². The average Bonchev–Trinajstić information content (AvgIpc) is 1.35. The zero-order valence-corrected chi connectivity index (χ0v) is 3.77. The molecule has 0 aliphatic rings. The predicted octanol–water partition coefficient (Wildman–Crippen LogP) is -0.0450. The number of nitrogens with one attached hydrogen (secondary N) is 1. The van der Waals surface area contributed by atoms with Crippen molar-refractivity contribution in [2.75, 3.05) is 0 Å². The maximum Gasteiger partial charge on any atom is 0.207 e. The minimum atomic E-state index is 0.0301. The summed E-state index contributed by atoms with van der Waals surface area (Å²) in [5.74, 6) is 0. The molecule has 2 heteroatoms. The molecule has 0 aliphatic carbocycles. The van der Waals surface area contributed by atoms with Crippen molar-refractivity contribution >= 4 is 6.41 Å². The van der Waals surface area contributed by atoms with Gasteiger partial charge in [-0.05, 0) is 13.8 Å². The molecule has 0 heterocycles. The summed E-state index contributed by atoms with van der Waals surface area (Å²) in [4.78, 5) is 9.46. The lowest BCUT2D eigenvalue weighted by atomic mass is 10.4. The van der Waals surface area contributed by atoms with Crippen molar-refractivity contribution in [2.45, 2.75) is 13.0 Å². The highest BCUT2D eigenvalue weighted by Gasteiger charge is 1.81. The van der Waals surface area contributed by atoms with E-state index in [-0.39, 0.29) is 6.04 Å². The van der Waals surface area contributed by atoms with Gasteiger partial charge in [-0.2, -0.15) is 0 Å². The normalized spacial score (nSPS) is 8.50. The van der Waals surface area contributed by atoms with Gasteiger partial charge in [-0.25, -0.2) is 0 Å². The Morgan fingerprint density at radius 1 is 2.00 bits per heavy atom. The Morgan fingerprint density at radius 3 is 2.50 bits per heavy atom. The Bertz CT molecular complexity index is 42.8. The second kappa shape index (κ2) is 2.69. The van der Waals surface area contributed by atoms with Crippen LogP contribution in [0.1, 0.15) is 6.92 Å². The Labute approximate surface area is 37.5 Å². The van der Waals surface area contributed by atoms with Crippen LogP contribution in [0.3, 0.4) is 0 Å². The molecule has 0 saturated carbocycles. The van der Waals surface area contributed by atoms with Gasteiger partial charge in [-0.3, -0.25) is 4.79 Å². The quantitative estimate of drug-likeness (QED) is 0.469. The van der Waals surface area contributed by atoms with Crippen molar-refractivity contribution in [3.05, 3.63) is 6.92 Å². The summed E-state index contributed by atoms with van der Waals surface area (Å²) in [6, 6.07) is 0.0301. The van der Waals surface area contributed by atoms with Gasteiger partial charge in [0.05, 0.1) is 0 Å². The van der Waals surface area contributed by atoms with Crippen LogP contribution in [-0.4, -0.2) is 12.5 Å². The minimum absolute atomic E-state index is 0.0301. The van der Waals surface area contributed by atoms with Gasteiger partial charge >= 0.3 is 0 Å². The molecule has 0 aliphatic heterocycles. The number of carbonyl (C=O) groups excluding carboxylic acids is 1. The smallest absolute Gasteiger partial charge is 0.207 e. The molecule has 1 amide bonds. The van der Waals surface area contributed by atoms with Crippen LogP contribution in [0.25, 0.3) is 0 Å². The van der Waals surface area contributed by atoms with Gasteiger partial charge in [-0.15, -0.1) is 0 Å². The molecule has 0 aromatic rings. The standard InChI is InChI=1S/C4H8NO/c1-4(2)5-3-6/h3-4H,1H2,2H3,(H,5,6). The molecule has 35 valence electrons. The summed E-state index contributed by atoms with van der Waals surface area (Å²) in [6.45, 7) is 5.29. The van der Waals surface area contributed by atoms with Crippen LogP contribution >= 0.6 is 0 Å². The van der Waals surface area contributed by atoms with Crippen LogP contribution in [0.2, 0.25) is 0 Å². The van der Waals surface area contributed by atoms with E-state index in [0.717, 1.165) is 0 Å². The molecule has 0 spiro atoms. The topological polar surface area (TPSA) is 29.1 Å². The fourth-order valence-electron chi connectivity index (χ4n) is 0.116. The maximum absolute atomic E-state index is 9.46. The first-order chi connectivity index (χ1) is 2.77. The fourth-order valence-corrected chi connectivity index (χ4v) is 0.116. The van der Waals surface area contributed by atoms with E-state index in [1.807, 2.05) is 0 Å². The number of hydrogen-bond donors (Lipinski definition) is 1. The SMILES string of the molecule is [CH2]C(C)NC=O. The Kier molecular flexibility index (Phi) is 2.46. The minimum Gasteiger partial charge on any atom is -0.356 e. The van der Waals surface area contributed by atoms with Gasteiger partial charge in [0.15, 0.2) is 0 Å². The summed E-state index contributed by atoms with van der Waals surface area (Å²) >= 11 is 0. The fraction of sp³-hybridized carbons (Fsp3) is 0.500. The molecule has 1 radical (unpaired) electrons. The van der Waals surface area contributed by atoms with E-state index in [9.17, 15) is 4.79 Å². The molecule has 2 nitrogen and oxygen atoms in total. The van der Waals surface area contributed by atoms with Gasteiger partial charge < -0.3 is 5.32 Å². The van der Waals surface area contributed by atoms with Crippen molar-refractivity contribution in [1.29, 1.82) is 0 Å². The van der Waals surface area contributed by atoms with Gasteiger partial charge in [0.1, 0.15) is 0 Å². The third-order valence-corrected chi connectivity index (χ3v) is 0.353. The first kappa shape index (κ1) is 5.47. The molecule has 6 heavy (non-hydrogen) atoms. The molecule has 0 bridgehead atoms. The van der Waals surface area contributed by atoms with Crippen LogP contribution < -0.4 is 5.32 Å². The third-order valence-electron chi connectivity index (χ3n) is 0.353. The summed E-state index contributed by atoms with van der Waals surface area (Å²) in [7, 11) is 0. The lowest BCUT2D eigenvalue weighted by Gasteiger charge is -1.96. The number of amides is 1. The second-order valence-electron chi connectivity index (χ2n) is 1.19. The zero-order valence-electron chi connectivity index (χ0n) is 3.77. The molecule has 0 fully saturated rings. The zero-order chi connectivity index (χ0) is 4.99. The van der Waals surface area contributed by atoms with E-state index in [2.05, 4.69) is 12.2 Å². The van der Waals surface area contributed by atoms with E-state index in [1.54, 1.807) is 6.92 Å². The molecule has 0 rings (SSSR count).